The van der Waals surface area contributed by atoms with Crippen molar-refractivity contribution in [3.8, 4) is 0 Å². The Kier molecular flexibility index (Phi) is 6.49. The fourth-order valence-electron chi connectivity index (χ4n) is 3.89. The van der Waals surface area contributed by atoms with Crippen LogP contribution in [-0.2, 0) is 25.6 Å². The number of amides is 1. The summed E-state index contributed by atoms with van der Waals surface area (Å²) in [4.78, 5) is 27.2. The molecule has 29 heavy (non-hydrogen) atoms. The van der Waals surface area contributed by atoms with E-state index in [1.807, 2.05) is 51.1 Å². The lowest BCUT2D eigenvalue weighted by Gasteiger charge is -2.29. The lowest BCUT2D eigenvalue weighted by Crippen LogP contribution is -2.46. The number of nitrogens with zero attached hydrogens (tertiary/aromatic N) is 1. The molecular weight excluding hydrogens is 374 g/mol. The molecule has 0 unspecified atom stereocenters. The van der Waals surface area contributed by atoms with Gasteiger partial charge in [0, 0.05) is 24.7 Å². The van der Waals surface area contributed by atoms with Gasteiger partial charge in [0.1, 0.15) is 18.2 Å². The first kappa shape index (κ1) is 21.6. The first-order chi connectivity index (χ1) is 13.8. The monoisotopic (exact) mass is 405 g/mol. The third-order valence-electron chi connectivity index (χ3n) is 5.35. The van der Waals surface area contributed by atoms with Crippen LogP contribution in [0.5, 0.6) is 0 Å². The van der Waals surface area contributed by atoms with Crippen LogP contribution in [0.25, 0.3) is 0 Å². The van der Waals surface area contributed by atoms with Gasteiger partial charge in [0.05, 0.1) is 6.61 Å². The molecule has 3 rings (SSSR count). The number of ether oxygens (including phenoxy) is 3. The normalized spacial score (nSPS) is 25.4. The van der Waals surface area contributed by atoms with Crippen molar-refractivity contribution < 1.29 is 28.9 Å². The van der Waals surface area contributed by atoms with E-state index < -0.39 is 23.7 Å². The summed E-state index contributed by atoms with van der Waals surface area (Å²) in [5.74, 6) is -0.415. The van der Waals surface area contributed by atoms with E-state index in [2.05, 4.69) is 0 Å². The number of esters is 1. The lowest BCUT2D eigenvalue weighted by atomic mass is 10.0. The van der Waals surface area contributed by atoms with Crippen molar-refractivity contribution in [3.05, 3.63) is 35.9 Å². The molecule has 0 aromatic heterocycles. The zero-order chi connectivity index (χ0) is 21.1. The van der Waals surface area contributed by atoms with Gasteiger partial charge in [0.15, 0.2) is 0 Å². The summed E-state index contributed by atoms with van der Waals surface area (Å²) in [5.41, 5.74) is 0.0192. The maximum atomic E-state index is 12.8. The Hall–Kier alpha value is -2.12. The summed E-state index contributed by atoms with van der Waals surface area (Å²) in [6.07, 6.45) is 1.37. The lowest BCUT2D eigenvalue weighted by molar-refractivity contribution is -0.150. The highest BCUT2D eigenvalue weighted by Crippen LogP contribution is 2.60. The second kappa shape index (κ2) is 8.71. The summed E-state index contributed by atoms with van der Waals surface area (Å²) in [6, 6.07) is 8.71. The summed E-state index contributed by atoms with van der Waals surface area (Å²) in [6.45, 7) is 6.59. The molecule has 7 nitrogen and oxygen atoms in total. The summed E-state index contributed by atoms with van der Waals surface area (Å²) in [7, 11) is 0. The quantitative estimate of drug-likeness (QED) is 0.529. The van der Waals surface area contributed by atoms with Crippen LogP contribution in [0.1, 0.15) is 45.6 Å². The number of aliphatic hydroxyl groups excluding tert-OH is 1. The second-order valence-electron chi connectivity index (χ2n) is 8.91. The minimum absolute atomic E-state index is 0.0783. The highest BCUT2D eigenvalue weighted by atomic mass is 16.6. The van der Waals surface area contributed by atoms with E-state index in [1.54, 1.807) is 4.90 Å². The molecule has 2 aliphatic rings. The van der Waals surface area contributed by atoms with Crippen LogP contribution < -0.4 is 0 Å². The van der Waals surface area contributed by atoms with E-state index in [9.17, 15) is 9.59 Å². The predicted octanol–water partition coefficient (Wildman–Crippen LogP) is 2.90. The molecule has 3 atom stereocenters. The van der Waals surface area contributed by atoms with Crippen LogP contribution in [0, 0.1) is 5.41 Å². The standard InChI is InChI=1S/C22H31NO6/c1-21(2,3)29-20(26)23-17(19(25)28-14-16-8-5-4-6-9-16)12-22(13-18(22)23)15-27-11-7-10-24/h4-6,8-9,17-18,24H,7,10-15H2,1-3H3/t17-,18-,22+/m0/s1. The van der Waals surface area contributed by atoms with Crippen LogP contribution in [0.4, 0.5) is 4.79 Å². The molecule has 2 fully saturated rings. The molecule has 0 radical (unpaired) electrons. The minimum atomic E-state index is -0.672. The van der Waals surface area contributed by atoms with Gasteiger partial charge in [-0.25, -0.2) is 9.59 Å². The number of fused-ring (bicyclic) bond motifs is 1. The molecule has 1 amide bonds. The molecule has 1 heterocycles. The molecule has 1 aliphatic heterocycles. The Morgan fingerprint density at radius 3 is 2.59 bits per heavy atom. The Morgan fingerprint density at radius 1 is 1.21 bits per heavy atom. The molecule has 1 N–H and O–H groups in total. The number of hydrogen-bond acceptors (Lipinski definition) is 6. The van der Waals surface area contributed by atoms with Gasteiger partial charge in [-0.15, -0.1) is 0 Å². The number of carbonyl (C=O) groups is 2. The molecule has 0 bridgehead atoms. The van der Waals surface area contributed by atoms with E-state index in [1.165, 1.54) is 0 Å². The fraction of sp³-hybridized carbons (Fsp3) is 0.636. The summed E-state index contributed by atoms with van der Waals surface area (Å²) < 4.78 is 16.8. The zero-order valence-corrected chi connectivity index (χ0v) is 17.4. The first-order valence-electron chi connectivity index (χ1n) is 10.2. The van der Waals surface area contributed by atoms with Gasteiger partial charge in [0.25, 0.3) is 0 Å². The fourth-order valence-corrected chi connectivity index (χ4v) is 3.89. The molecule has 0 spiro atoms. The summed E-state index contributed by atoms with van der Waals surface area (Å²) in [5, 5.41) is 8.91. The van der Waals surface area contributed by atoms with Gasteiger partial charge in [-0.2, -0.15) is 0 Å². The topological polar surface area (TPSA) is 85.3 Å². The van der Waals surface area contributed by atoms with Crippen molar-refractivity contribution in [1.82, 2.24) is 4.90 Å². The average Bonchev–Trinajstić information content (AvgIpc) is 3.26. The number of likely N-dealkylation sites (tertiary alicyclic amines) is 1. The van der Waals surface area contributed by atoms with Crippen LogP contribution >= 0.6 is 0 Å². The number of aliphatic hydroxyl groups is 1. The Bertz CT molecular complexity index is 716. The van der Waals surface area contributed by atoms with Crippen molar-refractivity contribution in [2.24, 2.45) is 5.41 Å². The van der Waals surface area contributed by atoms with Gasteiger partial charge in [0.2, 0.25) is 0 Å². The number of rotatable bonds is 8. The van der Waals surface area contributed by atoms with Crippen molar-refractivity contribution >= 4 is 12.1 Å². The van der Waals surface area contributed by atoms with Crippen molar-refractivity contribution in [3.63, 3.8) is 0 Å². The molecule has 1 aliphatic carbocycles. The number of hydrogen-bond donors (Lipinski definition) is 1. The van der Waals surface area contributed by atoms with Crippen molar-refractivity contribution in [2.45, 2.75) is 64.3 Å². The molecule has 1 saturated carbocycles. The van der Waals surface area contributed by atoms with Gasteiger partial charge < -0.3 is 19.3 Å². The largest absolute Gasteiger partial charge is 0.459 e. The van der Waals surface area contributed by atoms with E-state index in [-0.39, 0.29) is 24.7 Å². The van der Waals surface area contributed by atoms with Crippen LogP contribution in [-0.4, -0.2) is 59.6 Å². The SMILES string of the molecule is CC(C)(C)OC(=O)N1[C@H]2C[C@@]2(COCCCO)C[C@H]1C(=O)OCc1ccccc1. The van der Waals surface area contributed by atoms with Crippen LogP contribution in [0.3, 0.4) is 0 Å². The number of benzene rings is 1. The van der Waals surface area contributed by atoms with Crippen molar-refractivity contribution in [2.75, 3.05) is 19.8 Å². The highest BCUT2D eigenvalue weighted by Gasteiger charge is 2.68. The third-order valence-corrected chi connectivity index (χ3v) is 5.35. The molecule has 1 aromatic rings. The molecule has 1 saturated heterocycles. The highest BCUT2D eigenvalue weighted by molar-refractivity contribution is 5.83. The Balaban J connectivity index is 1.67. The van der Waals surface area contributed by atoms with Gasteiger partial charge in [-0.1, -0.05) is 30.3 Å². The second-order valence-corrected chi connectivity index (χ2v) is 8.91. The number of piperidine rings is 1. The zero-order valence-electron chi connectivity index (χ0n) is 17.4. The first-order valence-corrected chi connectivity index (χ1v) is 10.2. The smallest absolute Gasteiger partial charge is 0.411 e. The molecule has 1 aromatic carbocycles. The van der Waals surface area contributed by atoms with Gasteiger partial charge in [-0.3, -0.25) is 4.90 Å². The van der Waals surface area contributed by atoms with E-state index in [0.717, 1.165) is 12.0 Å². The molecule has 7 heteroatoms. The predicted molar refractivity (Wildman–Crippen MR) is 106 cm³/mol. The maximum Gasteiger partial charge on any atom is 0.411 e. The third kappa shape index (κ3) is 5.28. The maximum absolute atomic E-state index is 12.8. The van der Waals surface area contributed by atoms with Gasteiger partial charge >= 0.3 is 12.1 Å². The average molecular weight is 405 g/mol. The molecule has 160 valence electrons. The van der Waals surface area contributed by atoms with E-state index in [0.29, 0.717) is 26.1 Å². The number of carbonyl (C=O) groups excluding carboxylic acids is 2. The Morgan fingerprint density at radius 2 is 1.93 bits per heavy atom. The molecular formula is C22H31NO6. The Labute approximate surface area is 171 Å². The van der Waals surface area contributed by atoms with Gasteiger partial charge in [-0.05, 0) is 45.6 Å². The van der Waals surface area contributed by atoms with E-state index >= 15 is 0 Å². The van der Waals surface area contributed by atoms with Crippen molar-refractivity contribution in [1.29, 1.82) is 0 Å². The van der Waals surface area contributed by atoms with E-state index in [4.69, 9.17) is 19.3 Å². The van der Waals surface area contributed by atoms with Crippen LogP contribution in [0.15, 0.2) is 30.3 Å². The van der Waals surface area contributed by atoms with Crippen LogP contribution in [0.2, 0.25) is 0 Å². The minimum Gasteiger partial charge on any atom is -0.459 e. The summed E-state index contributed by atoms with van der Waals surface area (Å²) >= 11 is 0.